The molecule has 0 saturated carbocycles. The molecule has 0 spiro atoms. The van der Waals surface area contributed by atoms with Crippen molar-refractivity contribution in [1.29, 1.82) is 0 Å². The number of hydrogen-bond acceptors (Lipinski definition) is 6. The maximum atomic E-state index is 13.2. The van der Waals surface area contributed by atoms with E-state index in [0.29, 0.717) is 4.91 Å². The summed E-state index contributed by atoms with van der Waals surface area (Å²) in [6.07, 6.45) is 7.53. The molecule has 2 aliphatic heterocycles. The Balaban J connectivity index is 0.00000231. The zero-order valence-electron chi connectivity index (χ0n) is 17.0. The van der Waals surface area contributed by atoms with Crippen LogP contribution in [0.4, 0.5) is 5.82 Å². The molecule has 2 aliphatic rings. The number of amides is 1. The van der Waals surface area contributed by atoms with Crippen LogP contribution < -0.4 is 15.5 Å². The standard InChI is InChI=1S/C22H24N6OS.ClH/c29-22(27-19(17-7-4-9-23-17)15-5-2-1-3-6-15)18-13-28(11-12-30-18)21-16-8-10-24-20(16)25-14-26-21;/h1-3,5-6,8,10,13-14,17,19,23H,4,7,9,11-12H2,(H,27,29)(H,24,25,26);1H/t17-,19?;/m0./s1. The number of rotatable bonds is 5. The van der Waals surface area contributed by atoms with Gasteiger partial charge >= 0.3 is 0 Å². The largest absolute Gasteiger partial charge is 0.346 e. The summed E-state index contributed by atoms with van der Waals surface area (Å²) >= 11 is 1.59. The Morgan fingerprint density at radius 2 is 2.10 bits per heavy atom. The summed E-state index contributed by atoms with van der Waals surface area (Å²) in [5, 5.41) is 7.79. The Labute approximate surface area is 191 Å². The molecule has 1 saturated heterocycles. The van der Waals surface area contributed by atoms with Crippen LogP contribution >= 0.6 is 24.2 Å². The van der Waals surface area contributed by atoms with E-state index in [9.17, 15) is 4.79 Å². The van der Waals surface area contributed by atoms with Gasteiger partial charge in [-0.2, -0.15) is 0 Å². The Morgan fingerprint density at radius 3 is 2.90 bits per heavy atom. The molecule has 0 aliphatic carbocycles. The molecule has 7 nitrogen and oxygen atoms in total. The van der Waals surface area contributed by atoms with Gasteiger partial charge in [0.15, 0.2) is 0 Å². The van der Waals surface area contributed by atoms with Crippen LogP contribution in [0.3, 0.4) is 0 Å². The molecule has 31 heavy (non-hydrogen) atoms. The number of nitrogens with one attached hydrogen (secondary N) is 3. The molecule has 1 unspecified atom stereocenters. The van der Waals surface area contributed by atoms with Gasteiger partial charge in [-0.25, -0.2) is 9.97 Å². The zero-order chi connectivity index (χ0) is 20.3. The molecule has 0 radical (unpaired) electrons. The number of thioether (sulfide) groups is 1. The molecule has 2 aromatic heterocycles. The first-order chi connectivity index (χ1) is 14.8. The molecule has 5 rings (SSSR count). The minimum atomic E-state index is -0.0477. The first kappa shape index (κ1) is 21.7. The highest BCUT2D eigenvalue weighted by Crippen LogP contribution is 2.30. The third-order valence-corrected chi connectivity index (χ3v) is 6.63. The van der Waals surface area contributed by atoms with Crippen LogP contribution in [0.2, 0.25) is 0 Å². The summed E-state index contributed by atoms with van der Waals surface area (Å²) in [5.74, 6) is 1.61. The van der Waals surface area contributed by atoms with E-state index in [0.717, 1.165) is 54.1 Å². The van der Waals surface area contributed by atoms with Gasteiger partial charge < -0.3 is 20.5 Å². The molecule has 1 aromatic carbocycles. The van der Waals surface area contributed by atoms with Crippen molar-refractivity contribution in [2.24, 2.45) is 0 Å². The second-order valence-corrected chi connectivity index (χ2v) is 8.67. The number of aromatic amines is 1. The van der Waals surface area contributed by atoms with Crippen LogP contribution in [0.25, 0.3) is 11.0 Å². The second kappa shape index (κ2) is 9.72. The van der Waals surface area contributed by atoms with Gasteiger partial charge in [-0.1, -0.05) is 30.3 Å². The van der Waals surface area contributed by atoms with Crippen molar-refractivity contribution in [3.05, 3.63) is 65.6 Å². The van der Waals surface area contributed by atoms with E-state index in [2.05, 4.69) is 42.6 Å². The summed E-state index contributed by atoms with van der Waals surface area (Å²) in [5.41, 5.74) is 1.93. The van der Waals surface area contributed by atoms with E-state index in [1.807, 2.05) is 36.7 Å². The Bertz CT molecular complexity index is 1070. The zero-order valence-corrected chi connectivity index (χ0v) is 18.6. The van der Waals surface area contributed by atoms with E-state index in [1.54, 1.807) is 18.1 Å². The van der Waals surface area contributed by atoms with Gasteiger partial charge in [0.2, 0.25) is 0 Å². The van der Waals surface area contributed by atoms with E-state index in [1.165, 1.54) is 0 Å². The lowest BCUT2D eigenvalue weighted by molar-refractivity contribution is -0.117. The highest BCUT2D eigenvalue weighted by molar-refractivity contribution is 8.04. The summed E-state index contributed by atoms with van der Waals surface area (Å²) in [6.45, 7) is 1.79. The lowest BCUT2D eigenvalue weighted by Crippen LogP contribution is -2.41. The molecule has 3 aromatic rings. The second-order valence-electron chi connectivity index (χ2n) is 7.54. The van der Waals surface area contributed by atoms with E-state index in [4.69, 9.17) is 0 Å². The molecular weight excluding hydrogens is 432 g/mol. The average molecular weight is 457 g/mol. The first-order valence-electron chi connectivity index (χ1n) is 10.3. The number of carbonyl (C=O) groups is 1. The normalized spacial score (nSPS) is 19.5. The number of halogens is 1. The lowest BCUT2D eigenvalue weighted by Gasteiger charge is -2.28. The lowest BCUT2D eigenvalue weighted by atomic mass is 9.98. The SMILES string of the molecule is Cl.O=C(NC(c1ccccc1)[C@@H]1CCCN1)C1=CN(c2ncnc3[nH]ccc23)CCS1. The van der Waals surface area contributed by atoms with Gasteiger partial charge in [0, 0.05) is 30.7 Å². The van der Waals surface area contributed by atoms with Gasteiger partial charge in [0.05, 0.1) is 16.3 Å². The molecule has 0 bridgehead atoms. The van der Waals surface area contributed by atoms with Crippen LogP contribution in [0.1, 0.15) is 24.4 Å². The first-order valence-corrected chi connectivity index (χ1v) is 11.3. The van der Waals surface area contributed by atoms with E-state index >= 15 is 0 Å². The van der Waals surface area contributed by atoms with Gasteiger partial charge in [-0.3, -0.25) is 4.79 Å². The van der Waals surface area contributed by atoms with Crippen LogP contribution in [-0.2, 0) is 4.79 Å². The smallest absolute Gasteiger partial charge is 0.259 e. The molecular formula is C22H25ClN6OS. The number of nitrogens with zero attached hydrogens (tertiary/aromatic N) is 3. The third-order valence-electron chi connectivity index (χ3n) is 5.64. The van der Waals surface area contributed by atoms with Gasteiger partial charge in [-0.15, -0.1) is 24.2 Å². The summed E-state index contributed by atoms with van der Waals surface area (Å²) < 4.78 is 0. The summed E-state index contributed by atoms with van der Waals surface area (Å²) in [6, 6.07) is 12.4. The summed E-state index contributed by atoms with van der Waals surface area (Å²) in [4.78, 5) is 27.8. The maximum absolute atomic E-state index is 13.2. The van der Waals surface area contributed by atoms with E-state index < -0.39 is 0 Å². The number of aromatic nitrogens is 3. The van der Waals surface area contributed by atoms with Gasteiger partial charge in [0.25, 0.3) is 5.91 Å². The van der Waals surface area contributed by atoms with Crippen LogP contribution in [-0.4, -0.2) is 45.7 Å². The predicted molar refractivity (Wildman–Crippen MR) is 127 cm³/mol. The number of benzene rings is 1. The minimum absolute atomic E-state index is 0. The Morgan fingerprint density at radius 1 is 1.23 bits per heavy atom. The van der Waals surface area contributed by atoms with E-state index in [-0.39, 0.29) is 30.4 Å². The Kier molecular flexibility index (Phi) is 6.80. The number of anilines is 1. The molecule has 9 heteroatoms. The molecule has 162 valence electrons. The van der Waals surface area contributed by atoms with Crippen molar-refractivity contribution in [2.45, 2.75) is 24.9 Å². The fraction of sp³-hybridized carbons (Fsp3) is 0.318. The van der Waals surface area contributed by atoms with Crippen molar-refractivity contribution in [1.82, 2.24) is 25.6 Å². The predicted octanol–water partition coefficient (Wildman–Crippen LogP) is 3.38. The van der Waals surface area contributed by atoms with Crippen LogP contribution in [0, 0.1) is 0 Å². The quantitative estimate of drug-likeness (QED) is 0.545. The number of carbonyl (C=O) groups excluding carboxylic acids is 1. The van der Waals surface area contributed by atoms with Crippen LogP contribution in [0.15, 0.2) is 60.0 Å². The molecule has 1 fully saturated rings. The fourth-order valence-electron chi connectivity index (χ4n) is 4.16. The van der Waals surface area contributed by atoms with Crippen molar-refractivity contribution in [3.63, 3.8) is 0 Å². The van der Waals surface area contributed by atoms with Crippen molar-refractivity contribution >= 4 is 46.9 Å². The van der Waals surface area contributed by atoms with Crippen molar-refractivity contribution in [2.75, 3.05) is 23.7 Å². The highest BCUT2D eigenvalue weighted by atomic mass is 35.5. The summed E-state index contributed by atoms with van der Waals surface area (Å²) in [7, 11) is 0. The fourth-order valence-corrected chi connectivity index (χ4v) is 5.06. The molecule has 2 atom stereocenters. The number of H-pyrrole nitrogens is 1. The number of hydrogen-bond donors (Lipinski definition) is 3. The van der Waals surface area contributed by atoms with Crippen molar-refractivity contribution in [3.8, 4) is 0 Å². The molecule has 1 amide bonds. The molecule has 3 N–H and O–H groups in total. The third kappa shape index (κ3) is 4.56. The topological polar surface area (TPSA) is 85.9 Å². The molecule has 4 heterocycles. The monoisotopic (exact) mass is 456 g/mol. The van der Waals surface area contributed by atoms with Gasteiger partial charge in [0.1, 0.15) is 17.8 Å². The minimum Gasteiger partial charge on any atom is -0.346 e. The van der Waals surface area contributed by atoms with Gasteiger partial charge in [-0.05, 0) is 31.0 Å². The number of fused-ring (bicyclic) bond motifs is 1. The Hall–Kier alpha value is -2.55. The van der Waals surface area contributed by atoms with Crippen molar-refractivity contribution < 1.29 is 4.79 Å². The highest BCUT2D eigenvalue weighted by Gasteiger charge is 2.29. The van der Waals surface area contributed by atoms with Crippen LogP contribution in [0.5, 0.6) is 0 Å². The average Bonchev–Trinajstić information content (AvgIpc) is 3.50. The maximum Gasteiger partial charge on any atom is 0.259 e.